The number of carboxylic acid groups (broad SMARTS) is 2. The fourth-order valence-electron chi connectivity index (χ4n) is 4.60. The van der Waals surface area contributed by atoms with Crippen LogP contribution in [0, 0.1) is 0 Å². The minimum absolute atomic E-state index is 0. The predicted molar refractivity (Wildman–Crippen MR) is 160 cm³/mol. The summed E-state index contributed by atoms with van der Waals surface area (Å²) >= 11 is 0. The van der Waals surface area contributed by atoms with Gasteiger partial charge in [0.15, 0.2) is 0 Å². The van der Waals surface area contributed by atoms with Crippen LogP contribution in [0.2, 0.25) is 0 Å². The summed E-state index contributed by atoms with van der Waals surface area (Å²) in [5.74, 6) is -6.01. The Labute approximate surface area is 273 Å². The second-order valence-electron chi connectivity index (χ2n) is 9.40. The third-order valence-electron chi connectivity index (χ3n) is 6.49. The molecular formula is C34H21F6O4PPd. The van der Waals surface area contributed by atoms with Gasteiger partial charge in [0.2, 0.25) is 0 Å². The first-order valence-corrected chi connectivity index (χ1v) is 14.4. The smallest absolute Gasteiger partial charge is 0.542 e. The van der Waals surface area contributed by atoms with Gasteiger partial charge in [-0.1, -0.05) is 127 Å². The van der Waals surface area contributed by atoms with Crippen LogP contribution in [0.15, 0.2) is 127 Å². The number of aliphatic carboxylic acids is 2. The topological polar surface area (TPSA) is 80.3 Å². The van der Waals surface area contributed by atoms with Crippen molar-refractivity contribution in [3.8, 4) is 0 Å². The van der Waals surface area contributed by atoms with E-state index in [1.54, 1.807) is 0 Å². The molecule has 0 aliphatic heterocycles. The van der Waals surface area contributed by atoms with Gasteiger partial charge in [0.05, 0.1) is 0 Å². The quantitative estimate of drug-likeness (QED) is 0.136. The van der Waals surface area contributed by atoms with E-state index in [9.17, 15) is 26.3 Å². The summed E-state index contributed by atoms with van der Waals surface area (Å²) in [4.78, 5) is 17.6. The van der Waals surface area contributed by atoms with Crippen LogP contribution in [-0.2, 0) is 30.0 Å². The predicted octanol–water partition coefficient (Wildman–Crippen LogP) is 5.50. The Kier molecular flexibility index (Phi) is 12.1. The molecule has 0 aromatic heterocycles. The second kappa shape index (κ2) is 15.3. The molecule has 0 saturated carbocycles. The van der Waals surface area contributed by atoms with Crippen LogP contribution in [0.25, 0.3) is 32.3 Å². The van der Waals surface area contributed by atoms with Crippen LogP contribution >= 0.6 is 7.92 Å². The Balaban J connectivity index is 0.000000325. The molecule has 6 aromatic carbocycles. The molecule has 0 aliphatic carbocycles. The van der Waals surface area contributed by atoms with Crippen molar-refractivity contribution in [2.45, 2.75) is 12.4 Å². The number of rotatable bonds is 3. The molecule has 6 rings (SSSR count). The first-order valence-electron chi connectivity index (χ1n) is 13.1. The van der Waals surface area contributed by atoms with E-state index in [2.05, 4.69) is 127 Å². The molecule has 238 valence electrons. The van der Waals surface area contributed by atoms with Crippen LogP contribution in [0.4, 0.5) is 26.3 Å². The Bertz CT molecular complexity index is 1750. The summed E-state index contributed by atoms with van der Waals surface area (Å²) in [7, 11) is -0.745. The SMILES string of the molecule is O=C([O-])C(F)(F)F.O=C([O-])C(F)(F)F.[Pd+2].c1ccc2c(P(c3cccc4ccccc34)c3cccc4ccccc34)cccc2c1. The summed E-state index contributed by atoms with van der Waals surface area (Å²) in [5, 5.41) is 29.8. The Morgan fingerprint density at radius 1 is 0.435 bits per heavy atom. The molecule has 0 fully saturated rings. The van der Waals surface area contributed by atoms with Crippen molar-refractivity contribution < 1.29 is 66.6 Å². The number of hydrogen-bond donors (Lipinski definition) is 0. The van der Waals surface area contributed by atoms with Crippen molar-refractivity contribution in [1.29, 1.82) is 0 Å². The molecule has 12 heteroatoms. The number of fused-ring (bicyclic) bond motifs is 3. The van der Waals surface area contributed by atoms with Crippen LogP contribution in [0.5, 0.6) is 0 Å². The number of carbonyl (C=O) groups excluding carboxylic acids is 2. The summed E-state index contributed by atoms with van der Waals surface area (Å²) < 4.78 is 63.1. The summed E-state index contributed by atoms with van der Waals surface area (Å²) in [5.41, 5.74) is 0. The molecule has 0 saturated heterocycles. The van der Waals surface area contributed by atoms with Crippen molar-refractivity contribution in [2.75, 3.05) is 0 Å². The fourth-order valence-corrected chi connectivity index (χ4v) is 7.42. The maximum Gasteiger partial charge on any atom is 2.00 e. The molecule has 0 spiro atoms. The maximum absolute atomic E-state index is 10.5. The number of halogens is 6. The molecule has 0 amide bonds. The third-order valence-corrected chi connectivity index (χ3v) is 9.10. The molecule has 6 aromatic rings. The van der Waals surface area contributed by atoms with Crippen molar-refractivity contribution in [1.82, 2.24) is 0 Å². The van der Waals surface area contributed by atoms with Gasteiger partial charge in [-0.05, 0) is 56.2 Å². The molecule has 0 aliphatic rings. The first kappa shape index (κ1) is 36.2. The normalized spacial score (nSPS) is 11.2. The monoisotopic (exact) mass is 744 g/mol. The maximum atomic E-state index is 10.5. The average Bonchev–Trinajstić information content (AvgIpc) is 3.01. The molecule has 0 bridgehead atoms. The first-order chi connectivity index (χ1) is 21.3. The zero-order valence-corrected chi connectivity index (χ0v) is 25.7. The zero-order chi connectivity index (χ0) is 32.8. The molecule has 0 N–H and O–H groups in total. The number of alkyl halides is 6. The Morgan fingerprint density at radius 2 is 0.652 bits per heavy atom. The van der Waals surface area contributed by atoms with Crippen LogP contribution in [0.1, 0.15) is 0 Å². The standard InChI is InChI=1S/C30H21P.2C2HF3O2.Pd/c1-4-16-25-22(10-1)13-7-19-28(25)31(29-20-8-14-23-11-2-5-17-26(23)29)30-21-9-15-24-12-3-6-18-27(24)30;2*3-2(4,5)1(6)7;/h1-21H;2*(H,6,7);/q;;;+2/p-2. The van der Waals surface area contributed by atoms with Gasteiger partial charge >= 0.3 is 32.8 Å². The van der Waals surface area contributed by atoms with E-state index < -0.39 is 32.2 Å². The molecule has 46 heavy (non-hydrogen) atoms. The Hall–Kier alpha value is -4.29. The van der Waals surface area contributed by atoms with Crippen molar-refractivity contribution in [3.63, 3.8) is 0 Å². The minimum Gasteiger partial charge on any atom is -0.542 e. The number of hydrogen-bond acceptors (Lipinski definition) is 4. The summed E-state index contributed by atoms with van der Waals surface area (Å²) in [6.07, 6.45) is -10.4. The van der Waals surface area contributed by atoms with E-state index in [-0.39, 0.29) is 20.4 Å². The van der Waals surface area contributed by atoms with Crippen LogP contribution in [-0.4, -0.2) is 24.3 Å². The van der Waals surface area contributed by atoms with E-state index in [1.807, 2.05) is 0 Å². The van der Waals surface area contributed by atoms with Gasteiger partial charge in [0.1, 0.15) is 11.9 Å². The van der Waals surface area contributed by atoms with E-state index in [0.717, 1.165) is 0 Å². The van der Waals surface area contributed by atoms with Crippen molar-refractivity contribution in [3.05, 3.63) is 127 Å². The van der Waals surface area contributed by atoms with Crippen molar-refractivity contribution >= 4 is 68.1 Å². The van der Waals surface area contributed by atoms with Gasteiger partial charge in [-0.2, -0.15) is 26.3 Å². The molecule has 0 heterocycles. The second-order valence-corrected chi connectivity index (χ2v) is 11.5. The molecule has 0 radical (unpaired) electrons. The van der Waals surface area contributed by atoms with Crippen LogP contribution < -0.4 is 26.1 Å². The van der Waals surface area contributed by atoms with Gasteiger partial charge in [-0.25, -0.2) is 0 Å². The third kappa shape index (κ3) is 8.70. The minimum atomic E-state index is -5.19. The van der Waals surface area contributed by atoms with Gasteiger partial charge in [-0.3, -0.25) is 0 Å². The molecule has 0 atom stereocenters. The van der Waals surface area contributed by atoms with Gasteiger partial charge < -0.3 is 19.8 Å². The van der Waals surface area contributed by atoms with E-state index in [1.165, 1.54) is 48.2 Å². The summed E-state index contributed by atoms with van der Waals surface area (Å²) in [6.45, 7) is 0. The molecule has 0 unspecified atom stereocenters. The van der Waals surface area contributed by atoms with E-state index >= 15 is 0 Å². The largest absolute Gasteiger partial charge is 2.00 e. The summed E-state index contributed by atoms with van der Waals surface area (Å²) in [6, 6.07) is 46.6. The van der Waals surface area contributed by atoms with E-state index in [0.29, 0.717) is 0 Å². The van der Waals surface area contributed by atoms with Gasteiger partial charge in [0, 0.05) is 0 Å². The fraction of sp³-hybridized carbons (Fsp3) is 0.0588. The average molecular weight is 745 g/mol. The molecule has 4 nitrogen and oxygen atoms in total. The van der Waals surface area contributed by atoms with Gasteiger partial charge in [-0.15, -0.1) is 0 Å². The van der Waals surface area contributed by atoms with Crippen molar-refractivity contribution in [2.24, 2.45) is 0 Å². The van der Waals surface area contributed by atoms with Gasteiger partial charge in [0.25, 0.3) is 0 Å². The van der Waals surface area contributed by atoms with Crippen LogP contribution in [0.3, 0.4) is 0 Å². The number of carbonyl (C=O) groups is 2. The Morgan fingerprint density at radius 3 is 0.891 bits per heavy atom. The number of carboxylic acids is 2. The number of benzene rings is 6. The van der Waals surface area contributed by atoms with E-state index in [4.69, 9.17) is 19.8 Å². The molecular weight excluding hydrogens is 724 g/mol. The zero-order valence-electron chi connectivity index (χ0n) is 23.3.